The van der Waals surface area contributed by atoms with E-state index in [0.29, 0.717) is 27.4 Å². The predicted molar refractivity (Wildman–Crippen MR) is 66.8 cm³/mol. The van der Waals surface area contributed by atoms with Crippen LogP contribution < -0.4 is 9.47 Å². The highest BCUT2D eigenvalue weighted by Gasteiger charge is 2.14. The van der Waals surface area contributed by atoms with Crippen molar-refractivity contribution >= 4 is 0 Å². The molecule has 2 aromatic rings. The van der Waals surface area contributed by atoms with Gasteiger partial charge in [0.15, 0.2) is 0 Å². The molecule has 1 aromatic carbocycles. The summed E-state index contributed by atoms with van der Waals surface area (Å²) in [5, 5.41) is 3.78. The molecule has 0 radical (unpaired) electrons. The minimum atomic E-state index is -2.65. The van der Waals surface area contributed by atoms with Gasteiger partial charge >= 0.3 is 6.55 Å². The van der Waals surface area contributed by atoms with E-state index in [4.69, 9.17) is 9.47 Å². The van der Waals surface area contributed by atoms with Crippen molar-refractivity contribution in [2.24, 2.45) is 0 Å². The Labute approximate surface area is 109 Å². The molecule has 0 spiro atoms. The van der Waals surface area contributed by atoms with E-state index in [2.05, 4.69) is 5.10 Å². The second-order valence-corrected chi connectivity index (χ2v) is 3.99. The maximum atomic E-state index is 12.6. The molecule has 0 bridgehead atoms. The molecule has 4 nitrogen and oxygen atoms in total. The monoisotopic (exact) mass is 268 g/mol. The van der Waals surface area contributed by atoms with E-state index < -0.39 is 6.55 Å². The van der Waals surface area contributed by atoms with Gasteiger partial charge < -0.3 is 9.47 Å². The van der Waals surface area contributed by atoms with E-state index in [1.54, 1.807) is 25.1 Å². The van der Waals surface area contributed by atoms with Gasteiger partial charge in [0.1, 0.15) is 11.5 Å². The molecule has 0 saturated carbocycles. The van der Waals surface area contributed by atoms with Crippen molar-refractivity contribution in [3.8, 4) is 22.6 Å². The van der Waals surface area contributed by atoms with Gasteiger partial charge in [-0.05, 0) is 24.6 Å². The first kappa shape index (κ1) is 13.3. The Kier molecular flexibility index (Phi) is 3.69. The van der Waals surface area contributed by atoms with E-state index >= 15 is 0 Å². The molecule has 2 rings (SSSR count). The van der Waals surface area contributed by atoms with Crippen molar-refractivity contribution < 1.29 is 18.3 Å². The maximum absolute atomic E-state index is 12.6. The minimum absolute atomic E-state index is 0.524. The number of hydrogen-bond donors (Lipinski definition) is 0. The molecule has 0 aliphatic rings. The number of rotatable bonds is 4. The summed E-state index contributed by atoms with van der Waals surface area (Å²) < 4.78 is 36.2. The molecule has 0 amide bonds. The predicted octanol–water partition coefficient (Wildman–Crippen LogP) is 3.27. The molecular weight excluding hydrogens is 254 g/mol. The number of ether oxygens (including phenoxy) is 2. The Bertz CT molecular complexity index is 560. The van der Waals surface area contributed by atoms with Gasteiger partial charge in [0.2, 0.25) is 0 Å². The molecular formula is C13H14F2N2O2. The van der Waals surface area contributed by atoms with Crippen LogP contribution in [-0.2, 0) is 0 Å². The van der Waals surface area contributed by atoms with Gasteiger partial charge in [-0.3, -0.25) is 0 Å². The van der Waals surface area contributed by atoms with Gasteiger partial charge in [-0.1, -0.05) is 0 Å². The molecule has 1 aromatic heterocycles. The van der Waals surface area contributed by atoms with Crippen molar-refractivity contribution in [2.75, 3.05) is 14.2 Å². The molecule has 19 heavy (non-hydrogen) atoms. The molecule has 1 heterocycles. The lowest BCUT2D eigenvalue weighted by Gasteiger charge is -2.07. The van der Waals surface area contributed by atoms with Crippen molar-refractivity contribution in [3.63, 3.8) is 0 Å². The van der Waals surface area contributed by atoms with E-state index in [0.717, 1.165) is 5.56 Å². The van der Waals surface area contributed by atoms with E-state index in [9.17, 15) is 8.78 Å². The van der Waals surface area contributed by atoms with Crippen LogP contribution in [-0.4, -0.2) is 24.0 Å². The fraction of sp³-hybridized carbons (Fsp3) is 0.308. The van der Waals surface area contributed by atoms with Gasteiger partial charge in [0.05, 0.1) is 19.9 Å². The first-order valence-corrected chi connectivity index (χ1v) is 5.62. The van der Waals surface area contributed by atoms with Gasteiger partial charge in [0.25, 0.3) is 0 Å². The Balaban J connectivity index is 2.51. The number of hydrogen-bond acceptors (Lipinski definition) is 3. The smallest absolute Gasteiger partial charge is 0.333 e. The van der Waals surface area contributed by atoms with Crippen molar-refractivity contribution in [1.82, 2.24) is 9.78 Å². The van der Waals surface area contributed by atoms with Crippen LogP contribution in [0, 0.1) is 6.92 Å². The average molecular weight is 268 g/mol. The van der Waals surface area contributed by atoms with Crippen LogP contribution in [0.5, 0.6) is 11.5 Å². The largest absolute Gasteiger partial charge is 0.497 e. The first-order chi connectivity index (χ1) is 9.05. The first-order valence-electron chi connectivity index (χ1n) is 5.62. The van der Waals surface area contributed by atoms with Crippen LogP contribution in [0.1, 0.15) is 12.2 Å². The summed E-state index contributed by atoms with van der Waals surface area (Å²) in [7, 11) is 3.07. The Morgan fingerprint density at radius 2 is 1.68 bits per heavy atom. The number of nitrogens with zero attached hydrogens (tertiary/aromatic N) is 2. The lowest BCUT2D eigenvalue weighted by atomic mass is 10.1. The third-order valence-corrected chi connectivity index (χ3v) is 2.78. The molecule has 0 N–H and O–H groups in total. The summed E-state index contributed by atoms with van der Waals surface area (Å²) >= 11 is 0. The Morgan fingerprint density at radius 3 is 2.11 bits per heavy atom. The van der Waals surface area contributed by atoms with Gasteiger partial charge in [-0.15, -0.1) is 0 Å². The molecule has 0 aliphatic carbocycles. The molecule has 0 aliphatic heterocycles. The maximum Gasteiger partial charge on any atom is 0.333 e. The third-order valence-electron chi connectivity index (χ3n) is 2.78. The summed E-state index contributed by atoms with van der Waals surface area (Å²) in [4.78, 5) is 0. The molecule has 0 saturated heterocycles. The number of aromatic nitrogens is 2. The topological polar surface area (TPSA) is 36.3 Å². The standard InChI is InChI=1S/C13H14F2N2O2/c1-8-12(7-17(16-8)13(14)15)9-4-10(18-2)6-11(5-9)19-3/h4-7,13H,1-3H3. The molecule has 0 fully saturated rings. The van der Waals surface area contributed by atoms with E-state index in [1.807, 2.05) is 0 Å². The Hall–Kier alpha value is -2.11. The summed E-state index contributed by atoms with van der Waals surface area (Å²) in [5.74, 6) is 1.19. The van der Waals surface area contributed by atoms with Crippen molar-refractivity contribution in [1.29, 1.82) is 0 Å². The third kappa shape index (κ3) is 2.67. The highest BCUT2D eigenvalue weighted by molar-refractivity contribution is 5.68. The summed E-state index contributed by atoms with van der Waals surface area (Å²) in [6, 6.07) is 5.22. The minimum Gasteiger partial charge on any atom is -0.497 e. The van der Waals surface area contributed by atoms with Crippen LogP contribution >= 0.6 is 0 Å². The second kappa shape index (κ2) is 5.26. The van der Waals surface area contributed by atoms with Crippen LogP contribution in [0.3, 0.4) is 0 Å². The van der Waals surface area contributed by atoms with Crippen LogP contribution in [0.25, 0.3) is 11.1 Å². The van der Waals surface area contributed by atoms with Gasteiger partial charge in [0, 0.05) is 17.8 Å². The summed E-state index contributed by atoms with van der Waals surface area (Å²) in [6.07, 6.45) is 1.31. The van der Waals surface area contributed by atoms with Crippen LogP contribution in [0.4, 0.5) is 8.78 Å². The zero-order valence-corrected chi connectivity index (χ0v) is 10.9. The SMILES string of the molecule is COc1cc(OC)cc(-c2cn(C(F)F)nc2C)c1. The lowest BCUT2D eigenvalue weighted by molar-refractivity contribution is 0.0563. The quantitative estimate of drug-likeness (QED) is 0.853. The number of benzene rings is 1. The zero-order valence-electron chi connectivity index (χ0n) is 10.9. The average Bonchev–Trinajstić information content (AvgIpc) is 2.80. The van der Waals surface area contributed by atoms with E-state index in [-0.39, 0.29) is 0 Å². The van der Waals surface area contributed by atoms with Crippen molar-refractivity contribution in [3.05, 3.63) is 30.1 Å². The lowest BCUT2D eigenvalue weighted by Crippen LogP contribution is -1.97. The number of halogens is 2. The van der Waals surface area contributed by atoms with Crippen LogP contribution in [0.2, 0.25) is 0 Å². The summed E-state index contributed by atoms with van der Waals surface area (Å²) in [5.41, 5.74) is 1.87. The molecule has 0 unspecified atom stereocenters. The second-order valence-electron chi connectivity index (χ2n) is 3.99. The summed E-state index contributed by atoms with van der Waals surface area (Å²) in [6.45, 7) is -0.972. The van der Waals surface area contributed by atoms with E-state index in [1.165, 1.54) is 20.4 Å². The molecule has 0 atom stereocenters. The highest BCUT2D eigenvalue weighted by Crippen LogP contribution is 2.31. The molecule has 102 valence electrons. The zero-order chi connectivity index (χ0) is 14.0. The molecule has 6 heteroatoms. The fourth-order valence-corrected chi connectivity index (χ4v) is 1.83. The fourth-order valence-electron chi connectivity index (χ4n) is 1.83. The van der Waals surface area contributed by atoms with Gasteiger partial charge in [-0.25, -0.2) is 4.68 Å². The number of methoxy groups -OCH3 is 2. The number of alkyl halides is 2. The van der Waals surface area contributed by atoms with Crippen molar-refractivity contribution in [2.45, 2.75) is 13.5 Å². The van der Waals surface area contributed by atoms with Gasteiger partial charge in [-0.2, -0.15) is 13.9 Å². The number of aryl methyl sites for hydroxylation is 1. The highest BCUT2D eigenvalue weighted by atomic mass is 19.3. The Morgan fingerprint density at radius 1 is 1.11 bits per heavy atom. The van der Waals surface area contributed by atoms with Crippen LogP contribution in [0.15, 0.2) is 24.4 Å². The normalized spacial score (nSPS) is 10.8.